The summed E-state index contributed by atoms with van der Waals surface area (Å²) >= 11 is 3.54. The molecule has 0 radical (unpaired) electrons. The van der Waals surface area contributed by atoms with E-state index in [4.69, 9.17) is 9.72 Å². The molecule has 0 fully saturated rings. The Labute approximate surface area is 262 Å². The van der Waals surface area contributed by atoms with Crippen molar-refractivity contribution in [2.75, 3.05) is 31.7 Å². The molecule has 43 heavy (non-hydrogen) atoms. The molecule has 0 spiro atoms. The van der Waals surface area contributed by atoms with E-state index in [-0.39, 0.29) is 31.1 Å². The normalized spacial score (nSPS) is 12.2. The van der Waals surface area contributed by atoms with Gasteiger partial charge in [-0.15, -0.1) is 0 Å². The quantitative estimate of drug-likeness (QED) is 0.134. The zero-order valence-corrected chi connectivity index (χ0v) is 27.3. The topological polar surface area (TPSA) is 99.8 Å². The molecule has 3 aromatic carbocycles. The molecule has 1 aromatic heterocycles. The van der Waals surface area contributed by atoms with E-state index in [1.165, 1.54) is 0 Å². The minimum atomic E-state index is -0.205. The number of aliphatic hydroxyl groups excluding tert-OH is 2. The summed E-state index contributed by atoms with van der Waals surface area (Å²) in [6, 6.07) is 18.5. The molecule has 3 N–H and O–H groups in total. The second-order valence-electron chi connectivity index (χ2n) is 11.2. The lowest BCUT2D eigenvalue weighted by molar-refractivity contribution is -0.117. The molecule has 1 unspecified atom stereocenters. The van der Waals surface area contributed by atoms with Crippen LogP contribution in [0.4, 0.5) is 5.69 Å². The number of hydrogen-bond acceptors (Lipinski definition) is 7. The minimum Gasteiger partial charge on any atom is -0.495 e. The van der Waals surface area contributed by atoms with Crippen molar-refractivity contribution in [1.82, 2.24) is 14.9 Å². The molecule has 0 bridgehead atoms. The first kappa shape index (κ1) is 32.7. The zero-order valence-electron chi connectivity index (χ0n) is 25.7. The Kier molecular flexibility index (Phi) is 11.4. The summed E-state index contributed by atoms with van der Waals surface area (Å²) in [6.07, 6.45) is 1.35. The van der Waals surface area contributed by atoms with Gasteiger partial charge in [0.25, 0.3) is 0 Å². The summed E-state index contributed by atoms with van der Waals surface area (Å²) in [4.78, 5) is 19.6. The molecule has 1 heterocycles. The SMILES string of the molecule is CCCN(CCO)c1ccc(-c2nc3cc(C(CC(C)=O)NCc4cc(Br)c(OC)c(CO)c4)ccc3n2C(C)C)cc1. The third kappa shape index (κ3) is 7.65. The number of imidazole rings is 1. The number of halogens is 1. The minimum absolute atomic E-state index is 0.0939. The van der Waals surface area contributed by atoms with Crippen molar-refractivity contribution in [2.45, 2.75) is 65.8 Å². The largest absolute Gasteiger partial charge is 0.495 e. The van der Waals surface area contributed by atoms with Gasteiger partial charge in [0, 0.05) is 55.0 Å². The molecule has 0 saturated heterocycles. The Balaban J connectivity index is 1.66. The first-order valence-corrected chi connectivity index (χ1v) is 15.7. The van der Waals surface area contributed by atoms with Crippen molar-refractivity contribution in [3.63, 3.8) is 0 Å². The molecule has 9 heteroatoms. The van der Waals surface area contributed by atoms with Gasteiger partial charge in [-0.25, -0.2) is 4.98 Å². The smallest absolute Gasteiger partial charge is 0.141 e. The van der Waals surface area contributed by atoms with Gasteiger partial charge in [-0.3, -0.25) is 4.79 Å². The maximum Gasteiger partial charge on any atom is 0.141 e. The maximum atomic E-state index is 12.3. The lowest BCUT2D eigenvalue weighted by Gasteiger charge is -2.23. The number of fused-ring (bicyclic) bond motifs is 1. The van der Waals surface area contributed by atoms with Crippen molar-refractivity contribution >= 4 is 38.4 Å². The van der Waals surface area contributed by atoms with Crippen LogP contribution in [-0.4, -0.2) is 52.4 Å². The van der Waals surface area contributed by atoms with Crippen LogP contribution >= 0.6 is 15.9 Å². The van der Waals surface area contributed by atoms with Crippen LogP contribution in [0.5, 0.6) is 5.75 Å². The Morgan fingerprint density at radius 3 is 2.44 bits per heavy atom. The van der Waals surface area contributed by atoms with Gasteiger partial charge in [0.2, 0.25) is 0 Å². The molecule has 0 aliphatic carbocycles. The second kappa shape index (κ2) is 15.0. The Hall–Kier alpha value is -3.24. The highest BCUT2D eigenvalue weighted by Crippen LogP contribution is 2.33. The number of methoxy groups -OCH3 is 1. The van der Waals surface area contributed by atoms with Gasteiger partial charge in [0.15, 0.2) is 0 Å². The van der Waals surface area contributed by atoms with E-state index in [0.29, 0.717) is 30.8 Å². The third-order valence-electron chi connectivity index (χ3n) is 7.59. The number of ether oxygens (including phenoxy) is 1. The maximum absolute atomic E-state index is 12.3. The monoisotopic (exact) mass is 650 g/mol. The van der Waals surface area contributed by atoms with E-state index in [0.717, 1.165) is 56.7 Å². The van der Waals surface area contributed by atoms with Crippen LogP contribution in [0.25, 0.3) is 22.4 Å². The molecule has 1 atom stereocenters. The summed E-state index contributed by atoms with van der Waals surface area (Å²) < 4.78 is 8.44. The van der Waals surface area contributed by atoms with Gasteiger partial charge in [0.1, 0.15) is 17.4 Å². The lowest BCUT2D eigenvalue weighted by atomic mass is 10.0. The number of carbonyl (C=O) groups is 1. The van der Waals surface area contributed by atoms with Crippen molar-refractivity contribution in [3.8, 4) is 17.1 Å². The number of hydrogen-bond donors (Lipinski definition) is 3. The fraction of sp³-hybridized carbons (Fsp3) is 0.412. The fourth-order valence-corrected chi connectivity index (χ4v) is 6.35. The number of aromatic nitrogens is 2. The molecule has 4 rings (SSSR count). The Morgan fingerprint density at radius 1 is 1.09 bits per heavy atom. The van der Waals surface area contributed by atoms with Crippen molar-refractivity contribution in [1.29, 1.82) is 0 Å². The Bertz CT molecular complexity index is 1530. The van der Waals surface area contributed by atoms with E-state index in [1.807, 2.05) is 12.1 Å². The molecule has 230 valence electrons. The molecular formula is C34H43BrN4O4. The van der Waals surface area contributed by atoms with Crippen LogP contribution in [0.1, 0.15) is 69.3 Å². The predicted molar refractivity (Wildman–Crippen MR) is 177 cm³/mol. The number of aliphatic hydroxyl groups is 2. The molecule has 0 aliphatic heterocycles. The van der Waals surface area contributed by atoms with Gasteiger partial charge >= 0.3 is 0 Å². The highest BCUT2D eigenvalue weighted by molar-refractivity contribution is 9.10. The van der Waals surface area contributed by atoms with Gasteiger partial charge in [-0.1, -0.05) is 13.0 Å². The predicted octanol–water partition coefficient (Wildman–Crippen LogP) is 6.57. The van der Waals surface area contributed by atoms with E-state index in [1.54, 1.807) is 14.0 Å². The number of Topliss-reactive ketones (excluding diaryl/α,β-unsaturated/α-hetero) is 1. The molecular weight excluding hydrogens is 608 g/mol. The number of rotatable bonds is 15. The van der Waals surface area contributed by atoms with Gasteiger partial charge in [0.05, 0.1) is 35.8 Å². The lowest BCUT2D eigenvalue weighted by Crippen LogP contribution is -2.27. The number of anilines is 1. The van der Waals surface area contributed by atoms with Crippen LogP contribution in [0, 0.1) is 0 Å². The van der Waals surface area contributed by atoms with Crippen molar-refractivity contribution in [2.24, 2.45) is 0 Å². The highest BCUT2D eigenvalue weighted by Gasteiger charge is 2.20. The number of nitrogens with one attached hydrogen (secondary N) is 1. The van der Waals surface area contributed by atoms with Crippen LogP contribution in [0.3, 0.4) is 0 Å². The van der Waals surface area contributed by atoms with Crippen LogP contribution in [-0.2, 0) is 17.9 Å². The second-order valence-corrected chi connectivity index (χ2v) is 12.0. The molecule has 0 aliphatic rings. The summed E-state index contributed by atoms with van der Waals surface area (Å²) in [5.41, 5.74) is 6.69. The van der Waals surface area contributed by atoms with E-state index >= 15 is 0 Å². The summed E-state index contributed by atoms with van der Waals surface area (Å²) in [5, 5.41) is 22.9. The standard InChI is InChI=1S/C34H43BrN4O4/c1-6-13-38(14-15-40)28-10-7-25(8-11-28)34-37-31-19-26(9-12-32(31)39(34)22(2)3)30(16-23(4)42)36-20-24-17-27(21-41)33(43-5)29(35)18-24/h7-12,17-19,22,30,36,40-41H,6,13-16,20-21H2,1-5H3. The zero-order chi connectivity index (χ0) is 31.1. The van der Waals surface area contributed by atoms with Crippen LogP contribution in [0.2, 0.25) is 0 Å². The molecule has 0 amide bonds. The summed E-state index contributed by atoms with van der Waals surface area (Å²) in [5.74, 6) is 1.61. The van der Waals surface area contributed by atoms with Crippen LogP contribution in [0.15, 0.2) is 59.1 Å². The van der Waals surface area contributed by atoms with Crippen molar-refractivity contribution < 1.29 is 19.7 Å². The number of benzene rings is 3. The summed E-state index contributed by atoms with van der Waals surface area (Å²) in [6.45, 7) is 10.1. The van der Waals surface area contributed by atoms with E-state index < -0.39 is 0 Å². The molecule has 4 aromatic rings. The average Bonchev–Trinajstić information content (AvgIpc) is 3.38. The molecule has 0 saturated carbocycles. The van der Waals surface area contributed by atoms with Crippen molar-refractivity contribution in [3.05, 3.63) is 75.8 Å². The number of nitrogens with zero attached hydrogens (tertiary/aromatic N) is 3. The van der Waals surface area contributed by atoms with E-state index in [2.05, 4.69) is 93.9 Å². The number of carbonyl (C=O) groups excluding carboxylic acids is 1. The highest BCUT2D eigenvalue weighted by atomic mass is 79.9. The van der Waals surface area contributed by atoms with Gasteiger partial charge in [-0.2, -0.15) is 0 Å². The average molecular weight is 652 g/mol. The first-order chi connectivity index (χ1) is 20.7. The Morgan fingerprint density at radius 2 is 1.84 bits per heavy atom. The van der Waals surface area contributed by atoms with Gasteiger partial charge < -0.3 is 29.7 Å². The number of ketones is 1. The fourth-order valence-electron chi connectivity index (χ4n) is 5.64. The van der Waals surface area contributed by atoms with Crippen LogP contribution < -0.4 is 15.0 Å². The third-order valence-corrected chi connectivity index (χ3v) is 8.17. The summed E-state index contributed by atoms with van der Waals surface area (Å²) in [7, 11) is 1.58. The molecule has 8 nitrogen and oxygen atoms in total. The van der Waals surface area contributed by atoms with Gasteiger partial charge in [-0.05, 0) is 103 Å². The first-order valence-electron chi connectivity index (χ1n) is 14.9. The van der Waals surface area contributed by atoms with E-state index in [9.17, 15) is 15.0 Å².